The van der Waals surface area contributed by atoms with Crippen LogP contribution in [0.3, 0.4) is 0 Å². The zero-order valence-corrected chi connectivity index (χ0v) is 20.1. The molecule has 1 spiro atoms. The van der Waals surface area contributed by atoms with Gasteiger partial charge in [-0.15, -0.1) is 0 Å². The van der Waals surface area contributed by atoms with Gasteiger partial charge in [0, 0.05) is 53.6 Å². The third-order valence-corrected chi connectivity index (χ3v) is 8.05. The monoisotopic (exact) mass is 502 g/mol. The first kappa shape index (κ1) is 22.5. The zero-order valence-electron chi connectivity index (χ0n) is 20.1. The van der Waals surface area contributed by atoms with Gasteiger partial charge in [-0.05, 0) is 79.5 Å². The van der Waals surface area contributed by atoms with Crippen LogP contribution in [0.15, 0.2) is 65.5 Å². The molecule has 7 rings (SSSR count). The van der Waals surface area contributed by atoms with Gasteiger partial charge in [-0.2, -0.15) is 13.2 Å². The van der Waals surface area contributed by atoms with Crippen molar-refractivity contribution in [1.82, 2.24) is 15.1 Å². The number of hydrogen-bond acceptors (Lipinski definition) is 5. The molecule has 2 aliphatic carbocycles. The molecular formula is C29H25F3N4O. The summed E-state index contributed by atoms with van der Waals surface area (Å²) in [6, 6.07) is 13.4. The van der Waals surface area contributed by atoms with Gasteiger partial charge in [-0.3, -0.25) is 9.97 Å². The van der Waals surface area contributed by atoms with E-state index in [2.05, 4.69) is 50.4 Å². The highest BCUT2D eigenvalue weighted by molar-refractivity contribution is 5.85. The lowest BCUT2D eigenvalue weighted by atomic mass is 9.63. The lowest BCUT2D eigenvalue weighted by Crippen LogP contribution is -2.42. The Morgan fingerprint density at radius 1 is 0.973 bits per heavy atom. The smallest absolute Gasteiger partial charge is 0.371 e. The van der Waals surface area contributed by atoms with E-state index >= 15 is 0 Å². The van der Waals surface area contributed by atoms with Gasteiger partial charge in [-0.1, -0.05) is 17.3 Å². The Labute approximate surface area is 212 Å². The molecule has 0 radical (unpaired) electrons. The number of halogens is 3. The molecule has 1 saturated heterocycles. The number of allylic oxidation sites excluding steroid dienone is 2. The van der Waals surface area contributed by atoms with Crippen LogP contribution in [-0.4, -0.2) is 28.2 Å². The Hall–Kier alpha value is -3.68. The van der Waals surface area contributed by atoms with Crippen LogP contribution in [0.25, 0.3) is 27.7 Å². The highest BCUT2D eigenvalue weighted by Crippen LogP contribution is 2.56. The maximum atomic E-state index is 13.7. The van der Waals surface area contributed by atoms with Gasteiger partial charge < -0.3 is 9.42 Å². The molecule has 3 aromatic heterocycles. The zero-order chi connectivity index (χ0) is 25.2. The third kappa shape index (κ3) is 3.90. The Morgan fingerprint density at radius 3 is 2.49 bits per heavy atom. The topological polar surface area (TPSA) is 55.1 Å². The van der Waals surface area contributed by atoms with E-state index < -0.39 is 11.9 Å². The Kier molecular flexibility index (Phi) is 4.97. The molecule has 4 aromatic rings. The molecule has 37 heavy (non-hydrogen) atoms. The van der Waals surface area contributed by atoms with Crippen LogP contribution in [0, 0.1) is 5.41 Å². The highest BCUT2D eigenvalue weighted by Gasteiger charge is 2.45. The van der Waals surface area contributed by atoms with E-state index in [0.29, 0.717) is 0 Å². The van der Waals surface area contributed by atoms with Gasteiger partial charge in [0.05, 0.1) is 5.52 Å². The first-order valence-electron chi connectivity index (χ1n) is 12.7. The van der Waals surface area contributed by atoms with Crippen molar-refractivity contribution in [3.05, 3.63) is 78.0 Å². The Balaban J connectivity index is 1.17. The molecule has 3 aliphatic rings. The average molecular weight is 503 g/mol. The molecule has 5 nitrogen and oxygen atoms in total. The fraction of sp³-hybridized carbons (Fsp3) is 0.345. The summed E-state index contributed by atoms with van der Waals surface area (Å²) in [5, 5.41) is 5.30. The SMILES string of the molecule is FC(F)(F)c1ncccc1-c1noc(C2CC2)c1C1=CC2(CCN(c3ccc4ncccc4c3)CC2)C1. The van der Waals surface area contributed by atoms with Gasteiger partial charge >= 0.3 is 6.18 Å². The maximum absolute atomic E-state index is 13.7. The second kappa shape index (κ2) is 8.16. The number of pyridine rings is 2. The summed E-state index contributed by atoms with van der Waals surface area (Å²) < 4.78 is 46.9. The molecule has 0 amide bonds. The van der Waals surface area contributed by atoms with E-state index in [4.69, 9.17) is 4.52 Å². The number of fused-ring (bicyclic) bond motifs is 1. The van der Waals surface area contributed by atoms with Crippen molar-refractivity contribution >= 4 is 22.2 Å². The average Bonchev–Trinajstić information content (AvgIpc) is 3.65. The fourth-order valence-corrected chi connectivity index (χ4v) is 5.91. The van der Waals surface area contributed by atoms with Crippen molar-refractivity contribution in [3.8, 4) is 11.3 Å². The second-order valence-corrected chi connectivity index (χ2v) is 10.5. The minimum atomic E-state index is -4.56. The van der Waals surface area contributed by atoms with Gasteiger partial charge in [-0.25, -0.2) is 0 Å². The van der Waals surface area contributed by atoms with Crippen molar-refractivity contribution in [2.45, 2.75) is 44.2 Å². The summed E-state index contributed by atoms with van der Waals surface area (Å²) in [6.07, 6.45) is 5.49. The lowest BCUT2D eigenvalue weighted by Gasteiger charge is -2.47. The van der Waals surface area contributed by atoms with Crippen LogP contribution in [0.4, 0.5) is 18.9 Å². The van der Waals surface area contributed by atoms with E-state index in [0.717, 1.165) is 73.0 Å². The first-order chi connectivity index (χ1) is 17.9. The van der Waals surface area contributed by atoms with E-state index in [9.17, 15) is 13.2 Å². The van der Waals surface area contributed by atoms with Gasteiger partial charge in [0.2, 0.25) is 0 Å². The summed E-state index contributed by atoms with van der Waals surface area (Å²) in [5.74, 6) is 0.972. The molecular weight excluding hydrogens is 477 g/mol. The third-order valence-electron chi connectivity index (χ3n) is 8.05. The minimum absolute atomic E-state index is 0.0110. The molecule has 1 saturated carbocycles. The summed E-state index contributed by atoms with van der Waals surface area (Å²) >= 11 is 0. The molecule has 2 fully saturated rings. The van der Waals surface area contributed by atoms with E-state index in [-0.39, 0.29) is 22.6 Å². The number of aromatic nitrogens is 3. The van der Waals surface area contributed by atoms with Crippen LogP contribution in [0.2, 0.25) is 0 Å². The molecule has 188 valence electrons. The lowest BCUT2D eigenvalue weighted by molar-refractivity contribution is -0.140. The minimum Gasteiger partial charge on any atom is -0.371 e. The van der Waals surface area contributed by atoms with Crippen molar-refractivity contribution in [1.29, 1.82) is 0 Å². The van der Waals surface area contributed by atoms with E-state index in [1.54, 1.807) is 6.20 Å². The number of nitrogens with zero attached hydrogens (tertiary/aromatic N) is 4. The quantitative estimate of drug-likeness (QED) is 0.294. The second-order valence-electron chi connectivity index (χ2n) is 10.5. The van der Waals surface area contributed by atoms with Crippen molar-refractivity contribution in [2.75, 3.05) is 18.0 Å². The Morgan fingerprint density at radius 2 is 1.73 bits per heavy atom. The standard InChI is InChI=1S/C29H25F3N4O/c30-29(31,32)27-22(4-2-12-34-27)25-24(26(37-35-25)18-5-6-18)20-16-28(17-20)9-13-36(14-10-28)21-7-8-23-19(15-21)3-1-11-33-23/h1-4,7-8,11-12,15-16,18H,5-6,9-10,13-14,17H2. The summed E-state index contributed by atoms with van der Waals surface area (Å²) in [5.41, 5.74) is 3.42. The molecule has 0 unspecified atom stereocenters. The highest BCUT2D eigenvalue weighted by atomic mass is 19.4. The van der Waals surface area contributed by atoms with Crippen molar-refractivity contribution < 1.29 is 17.7 Å². The van der Waals surface area contributed by atoms with Crippen LogP contribution in [0.1, 0.15) is 55.0 Å². The van der Waals surface area contributed by atoms with Crippen molar-refractivity contribution in [2.24, 2.45) is 5.41 Å². The van der Waals surface area contributed by atoms with Gasteiger partial charge in [0.25, 0.3) is 0 Å². The normalized spacial score (nSPS) is 19.2. The molecule has 4 heterocycles. The molecule has 0 atom stereocenters. The van der Waals surface area contributed by atoms with Crippen LogP contribution in [-0.2, 0) is 6.18 Å². The van der Waals surface area contributed by atoms with E-state index in [1.807, 2.05) is 6.07 Å². The van der Waals surface area contributed by atoms with Crippen LogP contribution < -0.4 is 4.90 Å². The number of rotatable bonds is 4. The number of hydrogen-bond donors (Lipinski definition) is 0. The number of anilines is 1. The summed E-state index contributed by atoms with van der Waals surface area (Å²) in [7, 11) is 0. The predicted octanol–water partition coefficient (Wildman–Crippen LogP) is 7.25. The van der Waals surface area contributed by atoms with Gasteiger partial charge in [0.15, 0.2) is 5.69 Å². The van der Waals surface area contributed by atoms with Gasteiger partial charge in [0.1, 0.15) is 11.5 Å². The van der Waals surface area contributed by atoms with Crippen LogP contribution >= 0.6 is 0 Å². The summed E-state index contributed by atoms with van der Waals surface area (Å²) in [4.78, 5) is 10.5. The fourth-order valence-electron chi connectivity index (χ4n) is 5.91. The molecule has 0 bridgehead atoms. The summed E-state index contributed by atoms with van der Waals surface area (Å²) in [6.45, 7) is 1.87. The Bertz CT molecular complexity index is 1530. The molecule has 0 N–H and O–H groups in total. The van der Waals surface area contributed by atoms with Crippen molar-refractivity contribution in [3.63, 3.8) is 0 Å². The maximum Gasteiger partial charge on any atom is 0.434 e. The first-order valence-corrected chi connectivity index (χ1v) is 12.7. The molecule has 1 aliphatic heterocycles. The van der Waals surface area contributed by atoms with Crippen LogP contribution in [0.5, 0.6) is 0 Å². The molecule has 8 heteroatoms. The number of benzene rings is 1. The van der Waals surface area contributed by atoms with E-state index in [1.165, 1.54) is 24.0 Å². The number of piperidine rings is 1. The predicted molar refractivity (Wildman–Crippen MR) is 135 cm³/mol. The largest absolute Gasteiger partial charge is 0.434 e. The molecule has 1 aromatic carbocycles. The number of alkyl halides is 3.